The number of nitrogens with zero attached hydrogens (tertiary/aromatic N) is 5. The highest BCUT2D eigenvalue weighted by molar-refractivity contribution is 6.37. The van der Waals surface area contributed by atoms with E-state index < -0.39 is 11.8 Å². The molecule has 1 aromatic heterocycles. The van der Waals surface area contributed by atoms with Crippen LogP contribution in [-0.4, -0.2) is 64.7 Å². The van der Waals surface area contributed by atoms with Crippen LogP contribution in [0.2, 0.25) is 5.02 Å². The number of aromatic nitrogens is 1. The van der Waals surface area contributed by atoms with Gasteiger partial charge in [0.2, 0.25) is 5.72 Å². The number of anilines is 2. The zero-order valence-electron chi connectivity index (χ0n) is 22.7. The second-order valence-electron chi connectivity index (χ2n) is 11.2. The van der Waals surface area contributed by atoms with Crippen LogP contribution in [0.15, 0.2) is 47.8 Å². The maximum Gasteiger partial charge on any atom is 0.436 e. The van der Waals surface area contributed by atoms with Crippen molar-refractivity contribution in [3.63, 3.8) is 0 Å². The zero-order chi connectivity index (χ0) is 27.6. The van der Waals surface area contributed by atoms with Crippen molar-refractivity contribution in [1.29, 1.82) is 0 Å². The van der Waals surface area contributed by atoms with Gasteiger partial charge in [0, 0.05) is 50.9 Å². The van der Waals surface area contributed by atoms with Gasteiger partial charge in [-0.3, -0.25) is 10.1 Å². The van der Waals surface area contributed by atoms with Crippen molar-refractivity contribution in [2.75, 3.05) is 36.4 Å². The predicted molar refractivity (Wildman–Crippen MR) is 149 cm³/mol. The summed E-state index contributed by atoms with van der Waals surface area (Å²) in [4.78, 5) is 46.4. The molecule has 2 aromatic rings. The number of hydrogen-bond donors (Lipinski definition) is 1. The lowest BCUT2D eigenvalue weighted by Crippen LogP contribution is -2.57. The van der Waals surface area contributed by atoms with E-state index in [2.05, 4.69) is 36.2 Å². The number of nitrogens with one attached hydrogen (secondary N) is 1. The van der Waals surface area contributed by atoms with Gasteiger partial charge in [-0.05, 0) is 48.1 Å². The maximum absolute atomic E-state index is 13.6. The second kappa shape index (κ2) is 10.9. The number of oxime groups is 1. The van der Waals surface area contributed by atoms with Crippen molar-refractivity contribution in [2.45, 2.75) is 64.0 Å². The molecule has 1 saturated carbocycles. The highest BCUT2D eigenvalue weighted by atomic mass is 35.5. The summed E-state index contributed by atoms with van der Waals surface area (Å²) < 4.78 is 0. The predicted octanol–water partition coefficient (Wildman–Crippen LogP) is 5.15. The molecule has 0 unspecified atom stereocenters. The third-order valence-corrected chi connectivity index (χ3v) is 7.76. The Morgan fingerprint density at radius 2 is 1.72 bits per heavy atom. The molecule has 10 nitrogen and oxygen atoms in total. The van der Waals surface area contributed by atoms with Gasteiger partial charge in [0.1, 0.15) is 5.82 Å². The number of amides is 2. The quantitative estimate of drug-likeness (QED) is 0.558. The van der Waals surface area contributed by atoms with E-state index in [1.807, 2.05) is 29.2 Å². The van der Waals surface area contributed by atoms with Crippen LogP contribution in [0.4, 0.5) is 16.3 Å². The molecule has 3 aliphatic rings. The topological polar surface area (TPSA) is 99.6 Å². The first-order valence-corrected chi connectivity index (χ1v) is 13.8. The molecule has 1 saturated heterocycles. The van der Waals surface area contributed by atoms with Crippen molar-refractivity contribution in [2.24, 2.45) is 5.16 Å². The van der Waals surface area contributed by atoms with Crippen LogP contribution in [0.3, 0.4) is 0 Å². The summed E-state index contributed by atoms with van der Waals surface area (Å²) in [6.45, 7) is 8.40. The molecule has 0 radical (unpaired) electrons. The van der Waals surface area contributed by atoms with Gasteiger partial charge in [0.05, 0.1) is 5.02 Å². The molecule has 1 aliphatic carbocycles. The van der Waals surface area contributed by atoms with E-state index in [9.17, 15) is 9.59 Å². The minimum atomic E-state index is -0.972. The van der Waals surface area contributed by atoms with Crippen molar-refractivity contribution in [1.82, 2.24) is 14.9 Å². The lowest BCUT2D eigenvalue weighted by Gasteiger charge is -2.39. The summed E-state index contributed by atoms with van der Waals surface area (Å²) in [5, 5.41) is 8.81. The van der Waals surface area contributed by atoms with Gasteiger partial charge < -0.3 is 19.5 Å². The third-order valence-electron chi connectivity index (χ3n) is 7.47. The van der Waals surface area contributed by atoms with Crippen molar-refractivity contribution in [3.05, 3.63) is 53.2 Å². The molecular formula is C28H35ClN6O4. The lowest BCUT2D eigenvalue weighted by atomic mass is 9.87. The fraction of sp³-hybridized carbons (Fsp3) is 0.500. The molecular weight excluding hydrogens is 520 g/mol. The molecule has 2 fully saturated rings. The van der Waals surface area contributed by atoms with E-state index in [-0.39, 0.29) is 17.2 Å². The van der Waals surface area contributed by atoms with Gasteiger partial charge in [0.25, 0.3) is 11.7 Å². The molecule has 1 aromatic carbocycles. The fourth-order valence-electron chi connectivity index (χ4n) is 5.20. The Kier molecular flexibility index (Phi) is 7.57. The SMILES string of the molecule is CC(C)(C)c1ccc(NC(=O)ON2C(C(=O)N3CCN(c4ncccc4Cl)CC3)=NOC23CCCCC3)cc1. The highest BCUT2D eigenvalue weighted by Crippen LogP contribution is 2.39. The minimum absolute atomic E-state index is 0.000369. The Bertz CT molecular complexity index is 1230. The minimum Gasteiger partial charge on any atom is -0.362 e. The van der Waals surface area contributed by atoms with Crippen molar-refractivity contribution >= 4 is 40.9 Å². The normalized spacial score (nSPS) is 19.0. The first kappa shape index (κ1) is 27.1. The van der Waals surface area contributed by atoms with E-state index >= 15 is 0 Å². The molecule has 0 bridgehead atoms. The Morgan fingerprint density at radius 3 is 2.36 bits per heavy atom. The van der Waals surface area contributed by atoms with Gasteiger partial charge in [-0.25, -0.2) is 9.78 Å². The number of halogens is 1. The Hall–Kier alpha value is -3.53. The molecule has 2 aliphatic heterocycles. The fourth-order valence-corrected chi connectivity index (χ4v) is 5.44. The first-order chi connectivity index (χ1) is 18.7. The highest BCUT2D eigenvalue weighted by Gasteiger charge is 2.52. The molecule has 1 spiro atoms. The van der Waals surface area contributed by atoms with E-state index in [4.69, 9.17) is 21.3 Å². The summed E-state index contributed by atoms with van der Waals surface area (Å²) in [6, 6.07) is 11.2. The van der Waals surface area contributed by atoms with Gasteiger partial charge in [0.15, 0.2) is 0 Å². The number of hydrogen-bond acceptors (Lipinski definition) is 8. The van der Waals surface area contributed by atoms with Crippen molar-refractivity contribution in [3.8, 4) is 0 Å². The molecule has 5 rings (SSSR count). The molecule has 39 heavy (non-hydrogen) atoms. The molecule has 3 heterocycles. The van der Waals surface area contributed by atoms with Crippen LogP contribution >= 0.6 is 11.6 Å². The van der Waals surface area contributed by atoms with Gasteiger partial charge >= 0.3 is 6.09 Å². The first-order valence-electron chi connectivity index (χ1n) is 13.5. The Labute approximate surface area is 233 Å². The van der Waals surface area contributed by atoms with Gasteiger partial charge in [-0.15, -0.1) is 5.06 Å². The summed E-state index contributed by atoms with van der Waals surface area (Å²) in [5.41, 5.74) is 0.779. The van der Waals surface area contributed by atoms with Crippen LogP contribution in [-0.2, 0) is 19.9 Å². The number of benzene rings is 1. The van der Waals surface area contributed by atoms with Gasteiger partial charge in [-0.2, -0.15) is 0 Å². The molecule has 2 amide bonds. The number of rotatable bonds is 4. The average Bonchev–Trinajstić information content (AvgIpc) is 3.25. The summed E-state index contributed by atoms with van der Waals surface area (Å²) >= 11 is 6.31. The van der Waals surface area contributed by atoms with Crippen molar-refractivity contribution < 1.29 is 19.3 Å². The van der Waals surface area contributed by atoms with Crippen LogP contribution in [0, 0.1) is 0 Å². The number of piperazine rings is 1. The van der Waals surface area contributed by atoms with Crippen LogP contribution in [0.5, 0.6) is 0 Å². The molecule has 1 N–H and O–H groups in total. The Balaban J connectivity index is 1.27. The molecule has 208 valence electrons. The van der Waals surface area contributed by atoms with Gasteiger partial charge in [-0.1, -0.05) is 56.1 Å². The molecule has 0 atom stereocenters. The largest absolute Gasteiger partial charge is 0.436 e. The Morgan fingerprint density at radius 1 is 1.03 bits per heavy atom. The third kappa shape index (κ3) is 5.75. The number of amidine groups is 1. The summed E-state index contributed by atoms with van der Waals surface area (Å²) in [5.74, 6) is 0.345. The van der Waals surface area contributed by atoms with E-state index in [1.165, 1.54) is 5.06 Å². The van der Waals surface area contributed by atoms with Crippen LogP contribution in [0.1, 0.15) is 58.4 Å². The standard InChI is InChI=1S/C28H35ClN6O4/c1-27(2,3)20-9-11-21(12-10-20)31-26(37)38-35-24(32-39-28(35)13-5-4-6-14-28)25(36)34-18-16-33(17-19-34)23-22(29)8-7-15-30-23/h7-12,15H,4-6,13-14,16-19H2,1-3H3,(H,31,37). The zero-order valence-corrected chi connectivity index (χ0v) is 23.4. The van der Waals surface area contributed by atoms with E-state index in [0.717, 1.165) is 24.8 Å². The monoisotopic (exact) mass is 554 g/mol. The van der Waals surface area contributed by atoms with E-state index in [1.54, 1.807) is 23.2 Å². The average molecular weight is 555 g/mol. The number of hydroxylamine groups is 2. The van der Waals surface area contributed by atoms with E-state index in [0.29, 0.717) is 55.5 Å². The maximum atomic E-state index is 13.6. The number of carbonyl (C=O) groups excluding carboxylic acids is 2. The smallest absolute Gasteiger partial charge is 0.362 e. The van der Waals surface area contributed by atoms with Crippen LogP contribution < -0.4 is 10.2 Å². The second-order valence-corrected chi connectivity index (χ2v) is 11.6. The van der Waals surface area contributed by atoms with Crippen LogP contribution in [0.25, 0.3) is 0 Å². The number of carbonyl (C=O) groups is 2. The number of pyridine rings is 1. The summed E-state index contributed by atoms with van der Waals surface area (Å²) in [7, 11) is 0. The summed E-state index contributed by atoms with van der Waals surface area (Å²) in [6.07, 6.45) is 5.02. The molecule has 11 heteroatoms. The lowest BCUT2D eigenvalue weighted by molar-refractivity contribution is -0.225.